The SMILES string of the molecule is Cc1ccc(Br)c(-c2ncc(CO)[nH]2)c1. The van der Waals surface area contributed by atoms with E-state index in [1.807, 2.05) is 25.1 Å². The average Bonchev–Trinajstić information content (AvgIpc) is 2.70. The van der Waals surface area contributed by atoms with Gasteiger partial charge >= 0.3 is 0 Å². The highest BCUT2D eigenvalue weighted by molar-refractivity contribution is 9.10. The highest BCUT2D eigenvalue weighted by Gasteiger charge is 2.07. The molecule has 4 heteroatoms. The summed E-state index contributed by atoms with van der Waals surface area (Å²) in [5.74, 6) is 0.773. The molecule has 1 aromatic carbocycles. The van der Waals surface area contributed by atoms with E-state index in [0.29, 0.717) is 0 Å². The summed E-state index contributed by atoms with van der Waals surface area (Å²) >= 11 is 3.48. The molecule has 0 bridgehead atoms. The number of rotatable bonds is 2. The number of aromatic amines is 1. The molecule has 0 amide bonds. The highest BCUT2D eigenvalue weighted by Crippen LogP contribution is 2.26. The number of nitrogens with zero attached hydrogens (tertiary/aromatic N) is 1. The largest absolute Gasteiger partial charge is 0.390 e. The fourth-order valence-corrected chi connectivity index (χ4v) is 1.83. The predicted octanol–water partition coefficient (Wildman–Crippen LogP) is 2.64. The summed E-state index contributed by atoms with van der Waals surface area (Å²) in [4.78, 5) is 7.27. The Bertz CT molecular complexity index is 479. The average molecular weight is 267 g/mol. The van der Waals surface area contributed by atoms with Crippen LogP contribution in [0.2, 0.25) is 0 Å². The third-order valence-electron chi connectivity index (χ3n) is 2.18. The van der Waals surface area contributed by atoms with Crippen molar-refractivity contribution in [1.82, 2.24) is 9.97 Å². The molecule has 3 nitrogen and oxygen atoms in total. The number of nitrogens with one attached hydrogen (secondary N) is 1. The van der Waals surface area contributed by atoms with Gasteiger partial charge < -0.3 is 10.1 Å². The Hall–Kier alpha value is -1.13. The van der Waals surface area contributed by atoms with Crippen molar-refractivity contribution in [1.29, 1.82) is 0 Å². The normalized spacial score (nSPS) is 10.6. The molecule has 0 aliphatic rings. The monoisotopic (exact) mass is 266 g/mol. The molecule has 0 radical (unpaired) electrons. The lowest BCUT2D eigenvalue weighted by Crippen LogP contribution is -1.85. The summed E-state index contributed by atoms with van der Waals surface area (Å²) < 4.78 is 0.993. The molecule has 0 aliphatic heterocycles. The highest BCUT2D eigenvalue weighted by atomic mass is 79.9. The number of aromatic nitrogens is 2. The third-order valence-corrected chi connectivity index (χ3v) is 2.87. The molecule has 0 fully saturated rings. The van der Waals surface area contributed by atoms with Crippen LogP contribution in [0.1, 0.15) is 11.3 Å². The minimum atomic E-state index is -0.0174. The van der Waals surface area contributed by atoms with Crippen molar-refractivity contribution in [3.8, 4) is 11.4 Å². The number of aryl methyl sites for hydroxylation is 1. The maximum absolute atomic E-state index is 8.94. The Morgan fingerprint density at radius 1 is 1.47 bits per heavy atom. The van der Waals surface area contributed by atoms with Crippen LogP contribution in [0.25, 0.3) is 11.4 Å². The van der Waals surface area contributed by atoms with Crippen LogP contribution >= 0.6 is 15.9 Å². The van der Waals surface area contributed by atoms with E-state index in [-0.39, 0.29) is 6.61 Å². The van der Waals surface area contributed by atoms with Crippen LogP contribution < -0.4 is 0 Å². The number of halogens is 1. The van der Waals surface area contributed by atoms with E-state index < -0.39 is 0 Å². The van der Waals surface area contributed by atoms with Crippen LogP contribution in [-0.4, -0.2) is 15.1 Å². The van der Waals surface area contributed by atoms with E-state index >= 15 is 0 Å². The van der Waals surface area contributed by atoms with Crippen molar-refractivity contribution in [2.75, 3.05) is 0 Å². The molecule has 0 saturated heterocycles. The van der Waals surface area contributed by atoms with Crippen LogP contribution in [0.3, 0.4) is 0 Å². The maximum atomic E-state index is 8.94. The number of imidazole rings is 1. The number of aliphatic hydroxyl groups is 1. The molecule has 2 N–H and O–H groups in total. The fraction of sp³-hybridized carbons (Fsp3) is 0.182. The Morgan fingerprint density at radius 3 is 2.93 bits per heavy atom. The standard InChI is InChI=1S/C11H11BrN2O/c1-7-2-3-10(12)9(4-7)11-13-5-8(6-15)14-11/h2-5,15H,6H2,1H3,(H,13,14). The first kappa shape index (κ1) is 10.4. The summed E-state index contributed by atoms with van der Waals surface area (Å²) in [6.07, 6.45) is 1.64. The van der Waals surface area contributed by atoms with Gasteiger partial charge in [-0.25, -0.2) is 4.98 Å². The first-order valence-electron chi connectivity index (χ1n) is 4.62. The van der Waals surface area contributed by atoms with E-state index in [1.54, 1.807) is 6.20 Å². The fourth-order valence-electron chi connectivity index (χ4n) is 1.40. The van der Waals surface area contributed by atoms with Crippen LogP contribution in [0.4, 0.5) is 0 Å². The van der Waals surface area contributed by atoms with Gasteiger partial charge in [0.15, 0.2) is 0 Å². The van der Waals surface area contributed by atoms with Crippen molar-refractivity contribution in [2.24, 2.45) is 0 Å². The van der Waals surface area contributed by atoms with Crippen LogP contribution in [-0.2, 0) is 6.61 Å². The van der Waals surface area contributed by atoms with Crippen LogP contribution in [0.15, 0.2) is 28.9 Å². The Balaban J connectivity index is 2.48. The van der Waals surface area contributed by atoms with Crippen molar-refractivity contribution in [3.63, 3.8) is 0 Å². The Morgan fingerprint density at radius 2 is 2.27 bits per heavy atom. The van der Waals surface area contributed by atoms with Gasteiger partial charge in [0, 0.05) is 10.0 Å². The summed E-state index contributed by atoms with van der Waals surface area (Å²) in [6.45, 7) is 2.02. The van der Waals surface area contributed by atoms with Gasteiger partial charge in [-0.15, -0.1) is 0 Å². The molecule has 1 aromatic heterocycles. The van der Waals surface area contributed by atoms with Crippen LogP contribution in [0.5, 0.6) is 0 Å². The zero-order chi connectivity index (χ0) is 10.8. The maximum Gasteiger partial charge on any atom is 0.138 e. The van der Waals surface area contributed by atoms with Crippen LogP contribution in [0, 0.1) is 6.92 Å². The van der Waals surface area contributed by atoms with Gasteiger partial charge in [0.2, 0.25) is 0 Å². The second kappa shape index (κ2) is 4.16. The second-order valence-electron chi connectivity index (χ2n) is 3.40. The zero-order valence-electron chi connectivity index (χ0n) is 8.29. The minimum absolute atomic E-state index is 0.0174. The summed E-state index contributed by atoms with van der Waals surface area (Å²) in [5.41, 5.74) is 2.91. The van der Waals surface area contributed by atoms with Crippen molar-refractivity contribution >= 4 is 15.9 Å². The van der Waals surface area contributed by atoms with Gasteiger partial charge in [0.1, 0.15) is 5.82 Å². The van der Waals surface area contributed by atoms with Crippen molar-refractivity contribution in [3.05, 3.63) is 40.1 Å². The summed E-state index contributed by atoms with van der Waals surface area (Å²) in [5, 5.41) is 8.94. The molecular weight excluding hydrogens is 256 g/mol. The molecule has 0 atom stereocenters. The Labute approximate surface area is 96.3 Å². The lowest BCUT2D eigenvalue weighted by atomic mass is 10.1. The minimum Gasteiger partial charge on any atom is -0.390 e. The predicted molar refractivity (Wildman–Crippen MR) is 62.4 cm³/mol. The molecule has 78 valence electrons. The van der Waals surface area contributed by atoms with Gasteiger partial charge in [-0.2, -0.15) is 0 Å². The third kappa shape index (κ3) is 2.11. The number of H-pyrrole nitrogens is 1. The van der Waals surface area contributed by atoms with Crippen molar-refractivity contribution < 1.29 is 5.11 Å². The second-order valence-corrected chi connectivity index (χ2v) is 4.25. The molecule has 0 spiro atoms. The lowest BCUT2D eigenvalue weighted by molar-refractivity contribution is 0.277. The lowest BCUT2D eigenvalue weighted by Gasteiger charge is -2.02. The van der Waals surface area contributed by atoms with Gasteiger partial charge in [-0.3, -0.25) is 0 Å². The number of aliphatic hydroxyl groups excluding tert-OH is 1. The van der Waals surface area contributed by atoms with E-state index in [9.17, 15) is 0 Å². The summed E-state index contributed by atoms with van der Waals surface area (Å²) in [6, 6.07) is 6.07. The van der Waals surface area contributed by atoms with Crippen molar-refractivity contribution in [2.45, 2.75) is 13.5 Å². The molecule has 0 unspecified atom stereocenters. The summed E-state index contributed by atoms with van der Waals surface area (Å²) in [7, 11) is 0. The molecule has 2 aromatic rings. The Kier molecular flexibility index (Phi) is 2.88. The molecule has 2 rings (SSSR count). The molecule has 15 heavy (non-hydrogen) atoms. The van der Waals surface area contributed by atoms with E-state index in [2.05, 4.69) is 25.9 Å². The van der Waals surface area contributed by atoms with E-state index in [1.165, 1.54) is 5.56 Å². The van der Waals surface area contributed by atoms with Gasteiger partial charge in [-0.1, -0.05) is 27.6 Å². The van der Waals surface area contributed by atoms with E-state index in [4.69, 9.17) is 5.11 Å². The molecule has 0 saturated carbocycles. The number of benzene rings is 1. The topological polar surface area (TPSA) is 48.9 Å². The molecular formula is C11H11BrN2O. The first-order chi connectivity index (χ1) is 7.20. The number of hydrogen-bond donors (Lipinski definition) is 2. The van der Waals surface area contributed by atoms with Gasteiger partial charge in [0.05, 0.1) is 18.5 Å². The van der Waals surface area contributed by atoms with E-state index in [0.717, 1.165) is 21.6 Å². The smallest absolute Gasteiger partial charge is 0.138 e. The quantitative estimate of drug-likeness (QED) is 0.878. The number of hydrogen-bond acceptors (Lipinski definition) is 2. The zero-order valence-corrected chi connectivity index (χ0v) is 9.87. The van der Waals surface area contributed by atoms with Gasteiger partial charge in [-0.05, 0) is 19.1 Å². The first-order valence-corrected chi connectivity index (χ1v) is 5.41. The van der Waals surface area contributed by atoms with Gasteiger partial charge in [0.25, 0.3) is 0 Å². The molecule has 1 heterocycles. The molecule has 0 aliphatic carbocycles.